The molecular formula is C17H15ClN6O4S. The minimum Gasteiger partial charge on any atom is -0.297 e. The van der Waals surface area contributed by atoms with E-state index < -0.39 is 14.9 Å². The van der Waals surface area contributed by atoms with Crippen molar-refractivity contribution in [1.82, 2.24) is 13.8 Å². The molecule has 0 N–H and O–H groups in total. The molecule has 0 bridgehead atoms. The zero-order valence-corrected chi connectivity index (χ0v) is 16.9. The highest BCUT2D eigenvalue weighted by molar-refractivity contribution is 7.89. The van der Waals surface area contributed by atoms with Crippen LogP contribution in [-0.2, 0) is 10.0 Å². The summed E-state index contributed by atoms with van der Waals surface area (Å²) in [5.41, 5.74) is 1.48. The van der Waals surface area contributed by atoms with Gasteiger partial charge in [0.1, 0.15) is 11.7 Å². The monoisotopic (exact) mass is 434 g/mol. The lowest BCUT2D eigenvalue weighted by Crippen LogP contribution is -2.23. The highest BCUT2D eigenvalue weighted by Crippen LogP contribution is 2.24. The van der Waals surface area contributed by atoms with Crippen LogP contribution >= 0.6 is 12.4 Å². The van der Waals surface area contributed by atoms with Crippen molar-refractivity contribution in [3.8, 4) is 6.07 Å². The topological polar surface area (TPSA) is 134 Å². The Hall–Kier alpha value is -3.49. The van der Waals surface area contributed by atoms with Crippen molar-refractivity contribution in [3.05, 3.63) is 69.7 Å². The van der Waals surface area contributed by atoms with E-state index in [4.69, 9.17) is 5.26 Å². The fourth-order valence-corrected chi connectivity index (χ4v) is 3.69. The van der Waals surface area contributed by atoms with Gasteiger partial charge in [0.05, 0.1) is 33.5 Å². The number of fused-ring (bicyclic) bond motifs is 1. The van der Waals surface area contributed by atoms with Gasteiger partial charge in [0, 0.05) is 25.4 Å². The molecule has 0 aliphatic heterocycles. The second kappa shape index (κ2) is 8.26. The Kier molecular flexibility index (Phi) is 6.21. The molecule has 0 atom stereocenters. The maximum absolute atomic E-state index is 12.8. The molecule has 29 heavy (non-hydrogen) atoms. The van der Waals surface area contributed by atoms with Crippen LogP contribution in [-0.4, -0.2) is 40.4 Å². The summed E-state index contributed by atoms with van der Waals surface area (Å²) >= 11 is 0. The van der Waals surface area contributed by atoms with Gasteiger partial charge in [-0.15, -0.1) is 12.4 Å². The molecule has 0 fully saturated rings. The summed E-state index contributed by atoms with van der Waals surface area (Å²) in [6.45, 7) is 1.54. The first-order chi connectivity index (χ1) is 13.2. The summed E-state index contributed by atoms with van der Waals surface area (Å²) < 4.78 is 27.9. The molecule has 0 amide bonds. The first-order valence-electron chi connectivity index (χ1n) is 7.89. The van der Waals surface area contributed by atoms with Crippen LogP contribution in [0, 0.1) is 28.4 Å². The van der Waals surface area contributed by atoms with E-state index >= 15 is 0 Å². The smallest absolute Gasteiger partial charge is 0.279 e. The number of nitro groups is 1. The molecule has 1 aromatic carbocycles. The Labute approximate surface area is 172 Å². The van der Waals surface area contributed by atoms with Gasteiger partial charge in [0.2, 0.25) is 0 Å². The summed E-state index contributed by atoms with van der Waals surface area (Å²) in [7, 11) is -2.87. The number of pyridine rings is 1. The van der Waals surface area contributed by atoms with Gasteiger partial charge < -0.3 is 0 Å². The lowest BCUT2D eigenvalue weighted by atomic mass is 10.2. The Morgan fingerprint density at radius 2 is 2.07 bits per heavy atom. The largest absolute Gasteiger partial charge is 0.297 e. The van der Waals surface area contributed by atoms with Gasteiger partial charge in [-0.2, -0.15) is 23.2 Å². The van der Waals surface area contributed by atoms with Gasteiger partial charge in [-0.05, 0) is 24.6 Å². The van der Waals surface area contributed by atoms with E-state index in [2.05, 4.69) is 10.1 Å². The Morgan fingerprint density at radius 3 is 2.72 bits per heavy atom. The normalized spacial score (nSPS) is 11.2. The number of hydrogen-bond acceptors (Lipinski definition) is 7. The van der Waals surface area contributed by atoms with Crippen LogP contribution in [0.4, 0.5) is 5.69 Å². The molecule has 0 aliphatic rings. The molecule has 2 heterocycles. The first-order valence-corrected chi connectivity index (χ1v) is 9.33. The number of nitro benzene ring substituents is 1. The molecule has 0 unspecified atom stereocenters. The van der Waals surface area contributed by atoms with Crippen molar-refractivity contribution in [3.63, 3.8) is 0 Å². The summed E-state index contributed by atoms with van der Waals surface area (Å²) in [5.74, 6) is 0. The third kappa shape index (κ3) is 4.18. The van der Waals surface area contributed by atoms with Crippen LogP contribution in [0.1, 0.15) is 16.8 Å². The van der Waals surface area contributed by atoms with Crippen LogP contribution in [0.2, 0.25) is 0 Å². The number of hydrazone groups is 1. The van der Waals surface area contributed by atoms with Crippen molar-refractivity contribution < 1.29 is 13.3 Å². The molecule has 0 spiro atoms. The van der Waals surface area contributed by atoms with E-state index in [0.717, 1.165) is 10.5 Å². The van der Waals surface area contributed by atoms with Crippen LogP contribution in [0.15, 0.2) is 52.7 Å². The average Bonchev–Trinajstić information content (AvgIpc) is 3.08. The zero-order chi connectivity index (χ0) is 20.5. The number of hydrogen-bond donors (Lipinski definition) is 0. The van der Waals surface area contributed by atoms with Crippen molar-refractivity contribution in [2.45, 2.75) is 11.8 Å². The fourth-order valence-electron chi connectivity index (χ4n) is 2.49. The highest BCUT2D eigenvalue weighted by Gasteiger charge is 2.24. The zero-order valence-electron chi connectivity index (χ0n) is 15.3. The Morgan fingerprint density at radius 1 is 1.34 bits per heavy atom. The molecule has 0 radical (unpaired) electrons. The molecule has 0 saturated carbocycles. The molecule has 0 saturated heterocycles. The third-order valence-corrected chi connectivity index (χ3v) is 5.81. The first kappa shape index (κ1) is 21.8. The second-order valence-corrected chi connectivity index (χ2v) is 7.75. The number of aryl methyl sites for hydroxylation is 1. The molecule has 3 aromatic rings. The maximum atomic E-state index is 12.8. The number of rotatable bonds is 5. The maximum Gasteiger partial charge on any atom is 0.279 e. The minimum atomic E-state index is -4.10. The van der Waals surface area contributed by atoms with Crippen LogP contribution in [0.25, 0.3) is 5.65 Å². The number of non-ortho nitro benzene ring substituents is 1. The lowest BCUT2D eigenvalue weighted by molar-refractivity contribution is -0.385. The van der Waals surface area contributed by atoms with Crippen LogP contribution in [0.3, 0.4) is 0 Å². The van der Waals surface area contributed by atoms with Crippen LogP contribution < -0.4 is 0 Å². The van der Waals surface area contributed by atoms with Crippen molar-refractivity contribution >= 4 is 40.0 Å². The quantitative estimate of drug-likeness (QED) is 0.344. The standard InChI is InChI=1S/C17H14N6O4S.ClH/c1-12-3-5-14(23(24)25)7-16(12)28(26,27)21(2)20-10-15-9-19-17-6-4-13(8-18)11-22(15)17;/h3-7,9-11H,1-2H3;1H/b20-10+;. The molecule has 10 nitrogen and oxygen atoms in total. The van der Waals surface area contributed by atoms with Gasteiger partial charge in [0.15, 0.2) is 0 Å². The van der Waals surface area contributed by atoms with Gasteiger partial charge >= 0.3 is 0 Å². The van der Waals surface area contributed by atoms with Crippen molar-refractivity contribution in [2.75, 3.05) is 7.05 Å². The number of nitrogens with zero attached hydrogens (tertiary/aromatic N) is 6. The Balaban J connectivity index is 0.00000300. The molecule has 12 heteroatoms. The predicted octanol–water partition coefficient (Wildman–Crippen LogP) is 2.50. The number of benzene rings is 1. The van der Waals surface area contributed by atoms with E-state index in [-0.39, 0.29) is 23.0 Å². The highest BCUT2D eigenvalue weighted by atomic mass is 35.5. The van der Waals surface area contributed by atoms with Crippen molar-refractivity contribution in [2.24, 2.45) is 5.10 Å². The molecule has 3 rings (SSSR count). The molecular weight excluding hydrogens is 420 g/mol. The third-order valence-electron chi connectivity index (χ3n) is 4.02. The van der Waals surface area contributed by atoms with Crippen molar-refractivity contribution in [1.29, 1.82) is 5.26 Å². The van der Waals surface area contributed by atoms with Gasteiger partial charge in [-0.3, -0.25) is 14.5 Å². The summed E-state index contributed by atoms with van der Waals surface area (Å²) in [4.78, 5) is 14.2. The average molecular weight is 435 g/mol. The summed E-state index contributed by atoms with van der Waals surface area (Å²) in [5, 5.41) is 23.9. The number of imidazole rings is 1. The lowest BCUT2D eigenvalue weighted by Gasteiger charge is -2.15. The molecule has 150 valence electrons. The number of sulfonamides is 1. The van der Waals surface area contributed by atoms with E-state index in [0.29, 0.717) is 22.5 Å². The Bertz CT molecular complexity index is 1260. The SMILES string of the molecule is Cc1ccc([N+](=O)[O-])cc1S(=O)(=O)N(C)/N=C/c1cnc2ccc(C#N)cn12.Cl. The van der Waals surface area contributed by atoms with Gasteiger partial charge in [-0.25, -0.2) is 4.98 Å². The number of aromatic nitrogens is 2. The van der Waals surface area contributed by atoms with E-state index in [1.165, 1.54) is 31.6 Å². The predicted molar refractivity (Wildman–Crippen MR) is 108 cm³/mol. The van der Waals surface area contributed by atoms with Gasteiger partial charge in [0.25, 0.3) is 15.7 Å². The number of halogens is 1. The number of nitriles is 1. The fraction of sp³-hybridized carbons (Fsp3) is 0.118. The van der Waals surface area contributed by atoms with E-state index in [1.807, 2.05) is 6.07 Å². The molecule has 2 aromatic heterocycles. The molecule has 0 aliphatic carbocycles. The van der Waals surface area contributed by atoms with Crippen LogP contribution in [0.5, 0.6) is 0 Å². The van der Waals surface area contributed by atoms with E-state index in [1.54, 1.807) is 29.7 Å². The summed E-state index contributed by atoms with van der Waals surface area (Å²) in [6.07, 6.45) is 4.33. The summed E-state index contributed by atoms with van der Waals surface area (Å²) in [6, 6.07) is 8.90. The van der Waals surface area contributed by atoms with Gasteiger partial charge in [-0.1, -0.05) is 6.07 Å². The van der Waals surface area contributed by atoms with E-state index in [9.17, 15) is 18.5 Å². The minimum absolute atomic E-state index is 0. The second-order valence-electron chi connectivity index (χ2n) is 5.83.